The molecule has 4 heterocycles. The summed E-state index contributed by atoms with van der Waals surface area (Å²) in [7, 11) is 1.62. The van der Waals surface area contributed by atoms with Crippen LogP contribution >= 0.6 is 11.3 Å². The number of carbonyl (C=O) groups excluding carboxylic acids is 3. The van der Waals surface area contributed by atoms with E-state index in [-0.39, 0.29) is 36.2 Å². The highest BCUT2D eigenvalue weighted by Gasteiger charge is 2.33. The Morgan fingerprint density at radius 1 is 1.21 bits per heavy atom. The molecule has 0 unspecified atom stereocenters. The predicted molar refractivity (Wildman–Crippen MR) is 104 cm³/mol. The van der Waals surface area contributed by atoms with Crippen molar-refractivity contribution in [3.63, 3.8) is 0 Å². The predicted octanol–water partition coefficient (Wildman–Crippen LogP) is 0.909. The summed E-state index contributed by atoms with van der Waals surface area (Å²) in [5.41, 5.74) is 1.37. The molecule has 2 aromatic rings. The highest BCUT2D eigenvalue weighted by atomic mass is 32.1. The van der Waals surface area contributed by atoms with Gasteiger partial charge >= 0.3 is 0 Å². The number of anilines is 1. The first-order valence-corrected chi connectivity index (χ1v) is 9.89. The first kappa shape index (κ1) is 18.4. The molecule has 0 aliphatic carbocycles. The number of aromatic nitrogens is 1. The van der Waals surface area contributed by atoms with E-state index in [1.54, 1.807) is 30.3 Å². The molecular weight excluding hydrogens is 380 g/mol. The van der Waals surface area contributed by atoms with Gasteiger partial charge in [0.25, 0.3) is 11.5 Å². The summed E-state index contributed by atoms with van der Waals surface area (Å²) in [6, 6.07) is 4.91. The van der Waals surface area contributed by atoms with E-state index >= 15 is 0 Å². The molecule has 0 atom stereocenters. The fourth-order valence-electron chi connectivity index (χ4n) is 3.59. The molecule has 0 fully saturated rings. The normalized spacial score (nSPS) is 16.3. The second-order valence-electron chi connectivity index (χ2n) is 6.96. The van der Waals surface area contributed by atoms with Gasteiger partial charge in [-0.1, -0.05) is 6.07 Å². The largest absolute Gasteiger partial charge is 0.337 e. The molecule has 0 saturated carbocycles. The van der Waals surface area contributed by atoms with Crippen LogP contribution in [0.2, 0.25) is 0 Å². The number of hydrogen-bond donors (Lipinski definition) is 1. The van der Waals surface area contributed by atoms with Crippen molar-refractivity contribution < 1.29 is 14.4 Å². The molecule has 1 N–H and O–H groups in total. The highest BCUT2D eigenvalue weighted by molar-refractivity contribution is 7.17. The van der Waals surface area contributed by atoms with Crippen molar-refractivity contribution >= 4 is 34.1 Å². The second kappa shape index (κ2) is 7.23. The molecule has 4 rings (SSSR count). The standard InChI is InChI=1S/C19H20N4O4S/c1-21-11-14(24)20-18-17(19(21)27)12-5-8-23(10-13(12)28-18)16(26)6-9-22-7-3-2-4-15(22)25/h2-4,7H,5-6,8-11H2,1H3,(H,20,24). The van der Waals surface area contributed by atoms with Gasteiger partial charge in [0.1, 0.15) is 5.00 Å². The SMILES string of the molecule is CN1CC(=O)Nc2sc3c(c2C1=O)CCN(C(=O)CCn1ccccc1=O)C3. The maximum atomic E-state index is 12.6. The van der Waals surface area contributed by atoms with E-state index < -0.39 is 0 Å². The number of pyridine rings is 1. The van der Waals surface area contributed by atoms with Crippen LogP contribution in [0.5, 0.6) is 0 Å². The number of thiophene rings is 1. The Hall–Kier alpha value is -2.94. The van der Waals surface area contributed by atoms with Gasteiger partial charge in [0.15, 0.2) is 0 Å². The molecule has 0 aromatic carbocycles. The van der Waals surface area contributed by atoms with Gasteiger partial charge in [0, 0.05) is 43.7 Å². The van der Waals surface area contributed by atoms with Crippen molar-refractivity contribution in [2.24, 2.45) is 0 Å². The minimum atomic E-state index is -0.213. The number of nitrogens with zero attached hydrogens (tertiary/aromatic N) is 3. The minimum Gasteiger partial charge on any atom is -0.337 e. The van der Waals surface area contributed by atoms with Gasteiger partial charge in [0.2, 0.25) is 11.8 Å². The lowest BCUT2D eigenvalue weighted by atomic mass is 10.0. The number of carbonyl (C=O) groups is 3. The first-order valence-electron chi connectivity index (χ1n) is 9.07. The number of aryl methyl sites for hydroxylation is 1. The molecule has 0 radical (unpaired) electrons. The summed E-state index contributed by atoms with van der Waals surface area (Å²) in [5, 5.41) is 3.39. The van der Waals surface area contributed by atoms with Gasteiger partial charge in [-0.15, -0.1) is 11.3 Å². The number of rotatable bonds is 3. The van der Waals surface area contributed by atoms with E-state index in [4.69, 9.17) is 0 Å². The topological polar surface area (TPSA) is 91.7 Å². The average molecular weight is 400 g/mol. The lowest BCUT2D eigenvalue weighted by molar-refractivity contribution is -0.132. The molecule has 146 valence electrons. The molecule has 2 aliphatic rings. The Bertz CT molecular complexity index is 1030. The fraction of sp³-hybridized carbons (Fsp3) is 0.368. The molecule has 2 aromatic heterocycles. The maximum Gasteiger partial charge on any atom is 0.257 e. The summed E-state index contributed by atoms with van der Waals surface area (Å²) in [4.78, 5) is 53.1. The lowest BCUT2D eigenvalue weighted by Crippen LogP contribution is -2.37. The summed E-state index contributed by atoms with van der Waals surface area (Å²) in [6.45, 7) is 1.31. The monoisotopic (exact) mass is 400 g/mol. The van der Waals surface area contributed by atoms with E-state index in [0.29, 0.717) is 36.6 Å². The number of fused-ring (bicyclic) bond motifs is 3. The zero-order valence-electron chi connectivity index (χ0n) is 15.4. The van der Waals surface area contributed by atoms with Crippen LogP contribution in [0.25, 0.3) is 0 Å². The quantitative estimate of drug-likeness (QED) is 0.829. The molecule has 8 nitrogen and oxygen atoms in total. The minimum absolute atomic E-state index is 0.0301. The van der Waals surface area contributed by atoms with Crippen LogP contribution in [0.4, 0.5) is 5.00 Å². The Morgan fingerprint density at radius 2 is 2.04 bits per heavy atom. The molecule has 0 spiro atoms. The molecule has 28 heavy (non-hydrogen) atoms. The summed E-state index contributed by atoms with van der Waals surface area (Å²) in [5.74, 6) is -0.402. The number of hydrogen-bond acceptors (Lipinski definition) is 5. The van der Waals surface area contributed by atoms with E-state index in [1.807, 2.05) is 0 Å². The van der Waals surface area contributed by atoms with Gasteiger partial charge in [-0.25, -0.2) is 0 Å². The fourth-order valence-corrected chi connectivity index (χ4v) is 4.87. The van der Waals surface area contributed by atoms with Crippen LogP contribution in [-0.4, -0.2) is 52.2 Å². The molecule has 0 bridgehead atoms. The van der Waals surface area contributed by atoms with E-state index in [2.05, 4.69) is 5.32 Å². The van der Waals surface area contributed by atoms with Crippen LogP contribution in [0.15, 0.2) is 29.2 Å². The molecule has 9 heteroatoms. The summed E-state index contributed by atoms with van der Waals surface area (Å²) >= 11 is 1.37. The van der Waals surface area contributed by atoms with Crippen molar-refractivity contribution in [1.82, 2.24) is 14.4 Å². The van der Waals surface area contributed by atoms with Crippen molar-refractivity contribution in [3.8, 4) is 0 Å². The molecule has 3 amide bonds. The Morgan fingerprint density at radius 3 is 2.82 bits per heavy atom. The van der Waals surface area contributed by atoms with Crippen molar-refractivity contribution in [2.45, 2.75) is 25.9 Å². The van der Waals surface area contributed by atoms with Gasteiger partial charge in [-0.3, -0.25) is 19.2 Å². The van der Waals surface area contributed by atoms with E-state index in [1.165, 1.54) is 26.9 Å². The number of likely N-dealkylation sites (N-methyl/N-ethyl adjacent to an activating group) is 1. The van der Waals surface area contributed by atoms with Crippen LogP contribution < -0.4 is 10.9 Å². The molecular formula is C19H20N4O4S. The van der Waals surface area contributed by atoms with Crippen molar-refractivity contribution in [3.05, 3.63) is 50.8 Å². The maximum absolute atomic E-state index is 12.6. The van der Waals surface area contributed by atoms with Gasteiger partial charge < -0.3 is 19.7 Å². The second-order valence-corrected chi connectivity index (χ2v) is 8.07. The summed E-state index contributed by atoms with van der Waals surface area (Å²) in [6.07, 6.45) is 2.49. The van der Waals surface area contributed by atoms with Crippen molar-refractivity contribution in [1.29, 1.82) is 0 Å². The third-order valence-electron chi connectivity index (χ3n) is 5.07. The van der Waals surface area contributed by atoms with E-state index in [0.717, 1.165) is 10.4 Å². The number of amides is 3. The smallest absolute Gasteiger partial charge is 0.257 e. The highest BCUT2D eigenvalue weighted by Crippen LogP contribution is 2.38. The third-order valence-corrected chi connectivity index (χ3v) is 6.20. The lowest BCUT2D eigenvalue weighted by Gasteiger charge is -2.27. The zero-order chi connectivity index (χ0) is 19.8. The Kier molecular flexibility index (Phi) is 4.76. The zero-order valence-corrected chi connectivity index (χ0v) is 16.3. The van der Waals surface area contributed by atoms with Gasteiger partial charge in [-0.2, -0.15) is 0 Å². The van der Waals surface area contributed by atoms with E-state index in [9.17, 15) is 19.2 Å². The van der Waals surface area contributed by atoms with Crippen LogP contribution in [0, 0.1) is 0 Å². The summed E-state index contributed by atoms with van der Waals surface area (Å²) < 4.78 is 1.52. The van der Waals surface area contributed by atoms with Crippen LogP contribution in [0.1, 0.15) is 27.2 Å². The van der Waals surface area contributed by atoms with Crippen LogP contribution in [-0.2, 0) is 29.1 Å². The Labute approximate surface area is 165 Å². The third kappa shape index (κ3) is 3.33. The number of nitrogens with one attached hydrogen (secondary N) is 1. The molecule has 0 saturated heterocycles. The van der Waals surface area contributed by atoms with Gasteiger partial charge in [0.05, 0.1) is 18.7 Å². The first-order chi connectivity index (χ1) is 13.4. The van der Waals surface area contributed by atoms with Crippen LogP contribution in [0.3, 0.4) is 0 Å². The van der Waals surface area contributed by atoms with Gasteiger partial charge in [-0.05, 0) is 18.1 Å². The average Bonchev–Trinajstić information content (AvgIpc) is 2.98. The molecule has 2 aliphatic heterocycles. The Balaban J connectivity index is 1.50. The van der Waals surface area contributed by atoms with Crippen molar-refractivity contribution in [2.75, 3.05) is 25.5 Å².